The van der Waals surface area contributed by atoms with Crippen LogP contribution in [0.5, 0.6) is 0 Å². The predicted molar refractivity (Wildman–Crippen MR) is 82.5 cm³/mol. The number of amides is 1. The van der Waals surface area contributed by atoms with Crippen molar-refractivity contribution < 1.29 is 27.5 Å². The van der Waals surface area contributed by atoms with E-state index in [1.54, 1.807) is 29.6 Å². The van der Waals surface area contributed by atoms with E-state index in [4.69, 9.17) is 0 Å². The number of nitrogens with one attached hydrogen (secondary N) is 2. The Labute approximate surface area is 139 Å². The second-order valence-corrected chi connectivity index (χ2v) is 5.79. The van der Waals surface area contributed by atoms with Crippen molar-refractivity contribution in [3.8, 4) is 0 Å². The molecule has 0 aliphatic heterocycles. The molecule has 1 aromatic heterocycles. The van der Waals surface area contributed by atoms with Crippen molar-refractivity contribution in [1.82, 2.24) is 10.3 Å². The molecule has 0 aliphatic carbocycles. The number of alkyl halides is 3. The van der Waals surface area contributed by atoms with Crippen molar-refractivity contribution >= 4 is 38.6 Å². The number of ether oxygens (including phenoxy) is 1. The lowest BCUT2D eigenvalue weighted by Crippen LogP contribution is -2.69. The number of carbonyl (C=O) groups is 2. The quantitative estimate of drug-likeness (QED) is 0.632. The molecule has 1 heterocycles. The van der Waals surface area contributed by atoms with Gasteiger partial charge in [0.1, 0.15) is 0 Å². The zero-order valence-corrected chi connectivity index (χ0v) is 13.5. The highest BCUT2D eigenvalue weighted by molar-refractivity contribution is 7.22. The third-order valence-electron chi connectivity index (χ3n) is 2.96. The van der Waals surface area contributed by atoms with Gasteiger partial charge in [-0.2, -0.15) is 13.2 Å². The van der Waals surface area contributed by atoms with E-state index < -0.39 is 23.7 Å². The summed E-state index contributed by atoms with van der Waals surface area (Å²) in [5.74, 6) is -2.71. The second-order valence-electron chi connectivity index (χ2n) is 4.76. The van der Waals surface area contributed by atoms with E-state index in [2.05, 4.69) is 9.72 Å². The maximum absolute atomic E-state index is 13.6. The maximum Gasteiger partial charge on any atom is 0.442 e. The van der Waals surface area contributed by atoms with Gasteiger partial charge >= 0.3 is 17.8 Å². The molecule has 1 aromatic carbocycles. The molecule has 0 aliphatic rings. The normalized spacial score (nSPS) is 14.0. The monoisotopic (exact) mass is 361 g/mol. The van der Waals surface area contributed by atoms with Gasteiger partial charge < -0.3 is 15.4 Å². The van der Waals surface area contributed by atoms with E-state index in [0.717, 1.165) is 18.3 Å². The molecule has 130 valence electrons. The van der Waals surface area contributed by atoms with Crippen LogP contribution >= 0.6 is 11.3 Å². The fourth-order valence-corrected chi connectivity index (χ4v) is 2.90. The van der Waals surface area contributed by atoms with Crippen LogP contribution in [0.25, 0.3) is 10.2 Å². The van der Waals surface area contributed by atoms with Gasteiger partial charge in [-0.05, 0) is 19.1 Å². The minimum absolute atomic E-state index is 0.171. The number of rotatable bonds is 5. The third kappa shape index (κ3) is 3.42. The fourth-order valence-electron chi connectivity index (χ4n) is 1.98. The number of halogens is 3. The van der Waals surface area contributed by atoms with E-state index in [-0.39, 0.29) is 11.7 Å². The molecule has 0 bridgehead atoms. The number of para-hydroxylation sites is 1. The molecule has 10 heteroatoms. The summed E-state index contributed by atoms with van der Waals surface area (Å²) in [5.41, 5.74) is -2.95. The van der Waals surface area contributed by atoms with Gasteiger partial charge in [0, 0.05) is 6.92 Å². The molecule has 2 N–H and O–H groups in total. The topological polar surface area (TPSA) is 80.3 Å². The van der Waals surface area contributed by atoms with Crippen molar-refractivity contribution in [1.29, 1.82) is 0 Å². The number of anilines is 1. The highest BCUT2D eigenvalue weighted by atomic mass is 32.1. The fraction of sp³-hybridized carbons (Fsp3) is 0.357. The minimum Gasteiger partial charge on any atom is -0.463 e. The van der Waals surface area contributed by atoms with Crippen LogP contribution in [0.4, 0.5) is 18.3 Å². The number of hydrogen-bond donors (Lipinski definition) is 2. The molecule has 0 saturated heterocycles. The van der Waals surface area contributed by atoms with E-state index in [9.17, 15) is 22.8 Å². The highest BCUT2D eigenvalue weighted by Gasteiger charge is 2.63. The van der Waals surface area contributed by atoms with Crippen LogP contribution in [0, 0.1) is 0 Å². The van der Waals surface area contributed by atoms with Gasteiger partial charge in [0.25, 0.3) is 0 Å². The Kier molecular flexibility index (Phi) is 4.97. The zero-order valence-electron chi connectivity index (χ0n) is 12.7. The second kappa shape index (κ2) is 6.63. The zero-order chi connectivity index (χ0) is 18.0. The SMILES string of the molecule is CCOC(=O)[C@@](NC(C)=O)(Nc1nc2ccccc2s1)C(F)(F)F. The lowest BCUT2D eigenvalue weighted by molar-refractivity contribution is -0.207. The summed E-state index contributed by atoms with van der Waals surface area (Å²) in [4.78, 5) is 27.3. The standard InChI is InChI=1S/C14H14F3N3O3S/c1-3-23-11(22)13(14(15,16)17,19-8(2)21)20-12-18-9-6-4-5-7-10(9)24-12/h4-7H,3H2,1-2H3,(H,18,20)(H,19,21)/t13-/m1/s1. The van der Waals surface area contributed by atoms with Gasteiger partial charge in [-0.15, -0.1) is 0 Å². The number of benzene rings is 1. The smallest absolute Gasteiger partial charge is 0.442 e. The maximum atomic E-state index is 13.6. The Morgan fingerprint density at radius 1 is 1.29 bits per heavy atom. The first-order valence-electron chi connectivity index (χ1n) is 6.86. The molecule has 6 nitrogen and oxygen atoms in total. The summed E-state index contributed by atoms with van der Waals surface area (Å²) < 4.78 is 46.1. The molecule has 0 spiro atoms. The lowest BCUT2D eigenvalue weighted by Gasteiger charge is -2.33. The average molecular weight is 361 g/mol. The van der Waals surface area contributed by atoms with Gasteiger partial charge in [0.2, 0.25) is 5.91 Å². The lowest BCUT2D eigenvalue weighted by atomic mass is 10.1. The van der Waals surface area contributed by atoms with Crippen molar-refractivity contribution in [2.45, 2.75) is 25.7 Å². The first-order valence-corrected chi connectivity index (χ1v) is 7.67. The molecular weight excluding hydrogens is 347 g/mol. The van der Waals surface area contributed by atoms with Crippen LogP contribution in [-0.4, -0.2) is 35.3 Å². The van der Waals surface area contributed by atoms with Crippen molar-refractivity contribution in [3.05, 3.63) is 24.3 Å². The Hall–Kier alpha value is -2.36. The molecule has 2 aromatic rings. The first kappa shape index (κ1) is 18.0. The summed E-state index contributed by atoms with van der Waals surface area (Å²) in [6, 6.07) is 6.69. The summed E-state index contributed by atoms with van der Waals surface area (Å²) in [6.45, 7) is 1.96. The average Bonchev–Trinajstić information content (AvgIpc) is 2.87. The van der Waals surface area contributed by atoms with Crippen LogP contribution in [0.1, 0.15) is 13.8 Å². The van der Waals surface area contributed by atoms with Crippen molar-refractivity contribution in [2.75, 3.05) is 11.9 Å². The minimum atomic E-state index is -5.15. The molecule has 0 fully saturated rings. The molecule has 2 rings (SSSR count). The van der Waals surface area contributed by atoms with E-state index in [1.165, 1.54) is 6.92 Å². The number of fused-ring (bicyclic) bond motifs is 1. The van der Waals surface area contributed by atoms with Crippen LogP contribution in [0.15, 0.2) is 24.3 Å². The Morgan fingerprint density at radius 3 is 2.50 bits per heavy atom. The van der Waals surface area contributed by atoms with Gasteiger partial charge in [0.15, 0.2) is 5.13 Å². The molecule has 24 heavy (non-hydrogen) atoms. The Morgan fingerprint density at radius 2 is 1.96 bits per heavy atom. The molecular formula is C14H14F3N3O3S. The van der Waals surface area contributed by atoms with Crippen molar-refractivity contribution in [2.24, 2.45) is 0 Å². The number of nitrogens with zero attached hydrogens (tertiary/aromatic N) is 1. The summed E-state index contributed by atoms with van der Waals surface area (Å²) in [5, 5.41) is 3.47. The van der Waals surface area contributed by atoms with Gasteiger partial charge in [-0.25, -0.2) is 9.78 Å². The summed E-state index contributed by atoms with van der Waals surface area (Å²) >= 11 is 0.922. The van der Waals surface area contributed by atoms with Gasteiger partial charge in [-0.1, -0.05) is 23.5 Å². The number of hydrogen-bond acceptors (Lipinski definition) is 6. The predicted octanol–water partition coefficient (Wildman–Crippen LogP) is 2.67. The summed E-state index contributed by atoms with van der Waals surface area (Å²) in [7, 11) is 0. The van der Waals surface area contributed by atoms with E-state index >= 15 is 0 Å². The van der Waals surface area contributed by atoms with Crippen LogP contribution in [-0.2, 0) is 14.3 Å². The molecule has 1 atom stereocenters. The number of aromatic nitrogens is 1. The molecule has 1 amide bonds. The number of carbonyl (C=O) groups excluding carboxylic acids is 2. The van der Waals surface area contributed by atoms with Gasteiger partial charge in [-0.3, -0.25) is 4.79 Å². The summed E-state index contributed by atoms with van der Waals surface area (Å²) in [6.07, 6.45) is -5.15. The molecule has 0 unspecified atom stereocenters. The Bertz CT molecular complexity index is 729. The molecule has 0 radical (unpaired) electrons. The van der Waals surface area contributed by atoms with Crippen LogP contribution < -0.4 is 10.6 Å². The number of thiazole rings is 1. The Balaban J connectivity index is 2.50. The van der Waals surface area contributed by atoms with E-state index in [0.29, 0.717) is 10.2 Å². The number of esters is 1. The van der Waals surface area contributed by atoms with Crippen molar-refractivity contribution in [3.63, 3.8) is 0 Å². The van der Waals surface area contributed by atoms with Crippen LogP contribution in [0.2, 0.25) is 0 Å². The van der Waals surface area contributed by atoms with Crippen LogP contribution in [0.3, 0.4) is 0 Å². The molecule has 0 saturated carbocycles. The largest absolute Gasteiger partial charge is 0.463 e. The van der Waals surface area contributed by atoms with E-state index in [1.807, 2.05) is 5.32 Å². The third-order valence-corrected chi connectivity index (χ3v) is 3.91. The first-order chi connectivity index (χ1) is 11.2. The van der Waals surface area contributed by atoms with Gasteiger partial charge in [0.05, 0.1) is 16.8 Å². The highest BCUT2D eigenvalue weighted by Crippen LogP contribution is 2.35.